The molecule has 0 aliphatic carbocycles. The number of carbonyl (C=O) groups excluding carboxylic acids is 1. The Kier molecular flexibility index (Phi) is 4.98. The van der Waals surface area contributed by atoms with E-state index in [0.717, 1.165) is 22.2 Å². The first-order valence-electron chi connectivity index (χ1n) is 9.34. The molecule has 0 saturated carbocycles. The Hall–Kier alpha value is -4.05. The fourth-order valence-electron chi connectivity index (χ4n) is 3.55. The van der Waals surface area contributed by atoms with Crippen molar-refractivity contribution in [2.24, 2.45) is 0 Å². The van der Waals surface area contributed by atoms with Crippen molar-refractivity contribution in [2.75, 3.05) is 5.73 Å². The van der Waals surface area contributed by atoms with Crippen molar-refractivity contribution in [1.29, 1.82) is 0 Å². The number of aromatic nitrogens is 3. The van der Waals surface area contributed by atoms with E-state index in [1.165, 1.54) is 6.07 Å². The Bertz CT molecular complexity index is 1300. The summed E-state index contributed by atoms with van der Waals surface area (Å²) in [6, 6.07) is 14.2. The van der Waals surface area contributed by atoms with Crippen molar-refractivity contribution < 1.29 is 9.18 Å². The van der Waals surface area contributed by atoms with Crippen molar-refractivity contribution in [3.8, 4) is 11.1 Å². The molecule has 2 aromatic carbocycles. The van der Waals surface area contributed by atoms with E-state index in [4.69, 9.17) is 12.3 Å². The highest BCUT2D eigenvalue weighted by Crippen LogP contribution is 2.29. The van der Waals surface area contributed by atoms with Crippen LogP contribution in [0.5, 0.6) is 0 Å². The van der Waals surface area contributed by atoms with Crippen LogP contribution in [-0.2, 0) is 17.6 Å². The molecule has 148 valence electrons. The van der Waals surface area contributed by atoms with E-state index < -0.39 is 5.82 Å². The summed E-state index contributed by atoms with van der Waals surface area (Å²) in [6.45, 7) is 9.02. The first kappa shape index (κ1) is 19.3. The number of nitrogens with zero attached hydrogens (tertiary/aromatic N) is 4. The van der Waals surface area contributed by atoms with Crippen LogP contribution < -0.4 is 5.73 Å². The summed E-state index contributed by atoms with van der Waals surface area (Å²) in [6.07, 6.45) is 1.83. The number of nitrogens with two attached hydrogens (primary N) is 1. The van der Waals surface area contributed by atoms with Gasteiger partial charge >= 0.3 is 0 Å². The third-order valence-corrected chi connectivity index (χ3v) is 5.05. The van der Waals surface area contributed by atoms with Gasteiger partial charge in [0.25, 0.3) is 0 Å². The molecule has 0 bridgehead atoms. The number of ketones is 1. The molecular formula is C23H18FN5O. The number of hydrogen-bond donors (Lipinski definition) is 1. The fraction of sp³-hybridized carbons (Fsp3) is 0.130. The molecule has 2 aromatic heterocycles. The van der Waals surface area contributed by atoms with Crippen LogP contribution in [0.25, 0.3) is 21.5 Å². The van der Waals surface area contributed by atoms with Gasteiger partial charge in [0.2, 0.25) is 0 Å². The summed E-state index contributed by atoms with van der Waals surface area (Å²) >= 11 is 0. The van der Waals surface area contributed by atoms with Gasteiger partial charge in [0.15, 0.2) is 11.5 Å². The van der Waals surface area contributed by atoms with Crippen LogP contribution in [0.15, 0.2) is 54.7 Å². The molecule has 0 aliphatic heterocycles. The van der Waals surface area contributed by atoms with Crippen molar-refractivity contribution in [1.82, 2.24) is 14.8 Å². The smallest absolute Gasteiger partial charge is 0.196 e. The Labute approximate surface area is 172 Å². The number of rotatable bonds is 5. The third kappa shape index (κ3) is 3.51. The molecule has 0 amide bonds. The number of halogens is 1. The average molecular weight is 399 g/mol. The second-order valence-electron chi connectivity index (χ2n) is 7.08. The molecule has 0 fully saturated rings. The molecular weight excluding hydrogens is 381 g/mol. The molecule has 0 aliphatic rings. The number of pyridine rings is 1. The topological polar surface area (TPSA) is 77.6 Å². The van der Waals surface area contributed by atoms with E-state index in [9.17, 15) is 9.18 Å². The molecule has 0 saturated heterocycles. The molecule has 0 unspecified atom stereocenters. The van der Waals surface area contributed by atoms with Crippen LogP contribution in [0.4, 0.5) is 15.9 Å². The summed E-state index contributed by atoms with van der Waals surface area (Å²) in [5.74, 6) is -0.320. The molecule has 30 heavy (non-hydrogen) atoms. The zero-order valence-electron chi connectivity index (χ0n) is 16.3. The third-order valence-electron chi connectivity index (χ3n) is 5.05. The number of nitrogen functional groups attached to an aromatic ring is 1. The van der Waals surface area contributed by atoms with Crippen LogP contribution in [-0.4, -0.2) is 20.6 Å². The minimum Gasteiger partial charge on any atom is -0.380 e. The van der Waals surface area contributed by atoms with Crippen LogP contribution in [0, 0.1) is 19.3 Å². The van der Waals surface area contributed by atoms with E-state index >= 15 is 0 Å². The quantitative estimate of drug-likeness (QED) is 0.507. The number of benzene rings is 2. The number of anilines is 1. The molecule has 2 heterocycles. The second-order valence-corrected chi connectivity index (χ2v) is 7.08. The van der Waals surface area contributed by atoms with Crippen LogP contribution >= 0.6 is 0 Å². The summed E-state index contributed by atoms with van der Waals surface area (Å²) in [5.41, 5.74) is 10.3. The Morgan fingerprint density at radius 1 is 1.17 bits per heavy atom. The Morgan fingerprint density at radius 2 is 1.93 bits per heavy atom. The average Bonchev–Trinajstić information content (AvgIpc) is 3.13. The zero-order valence-corrected chi connectivity index (χ0v) is 16.3. The molecule has 0 spiro atoms. The number of fused-ring (bicyclic) bond motifs is 1. The lowest BCUT2D eigenvalue weighted by Crippen LogP contribution is -2.08. The normalized spacial score (nSPS) is 10.8. The number of carbonyl (C=O) groups is 1. The van der Waals surface area contributed by atoms with E-state index in [2.05, 4.69) is 15.2 Å². The van der Waals surface area contributed by atoms with Gasteiger partial charge in [-0.25, -0.2) is 13.8 Å². The molecule has 6 nitrogen and oxygen atoms in total. The van der Waals surface area contributed by atoms with Crippen molar-refractivity contribution in [2.45, 2.75) is 19.8 Å². The molecule has 0 radical (unpaired) electrons. The van der Waals surface area contributed by atoms with Crippen molar-refractivity contribution in [3.63, 3.8) is 0 Å². The molecule has 7 heteroatoms. The predicted molar refractivity (Wildman–Crippen MR) is 113 cm³/mol. The van der Waals surface area contributed by atoms with E-state index in [1.807, 2.05) is 36.4 Å². The van der Waals surface area contributed by atoms with E-state index in [0.29, 0.717) is 11.4 Å². The lowest BCUT2D eigenvalue weighted by Gasteiger charge is -2.09. The second kappa shape index (κ2) is 7.76. The predicted octanol–water partition coefficient (Wildman–Crippen LogP) is 4.33. The van der Waals surface area contributed by atoms with Gasteiger partial charge in [-0.05, 0) is 35.7 Å². The van der Waals surface area contributed by atoms with Gasteiger partial charge in [-0.2, -0.15) is 0 Å². The maximum atomic E-state index is 14.2. The minimum atomic E-state index is -0.518. The minimum absolute atomic E-state index is 0.107. The summed E-state index contributed by atoms with van der Waals surface area (Å²) < 4.78 is 15.8. The van der Waals surface area contributed by atoms with Gasteiger partial charge in [-0.15, -0.1) is 5.10 Å². The number of aryl methyl sites for hydroxylation is 1. The summed E-state index contributed by atoms with van der Waals surface area (Å²) in [7, 11) is 0. The SMILES string of the molecule is [C-]#[N+]c1c(C)ccc(F)c1CC(=O)Cc1ccc(-c2cccn3nnc(N)c23)cc1. The molecule has 4 rings (SSSR count). The van der Waals surface area contributed by atoms with Gasteiger partial charge < -0.3 is 5.73 Å². The summed E-state index contributed by atoms with van der Waals surface area (Å²) in [4.78, 5) is 15.9. The zero-order chi connectivity index (χ0) is 21.3. The van der Waals surface area contributed by atoms with E-state index in [-0.39, 0.29) is 29.9 Å². The fourth-order valence-corrected chi connectivity index (χ4v) is 3.55. The highest BCUT2D eigenvalue weighted by molar-refractivity contribution is 5.88. The lowest BCUT2D eigenvalue weighted by atomic mass is 9.97. The Morgan fingerprint density at radius 3 is 2.67 bits per heavy atom. The maximum Gasteiger partial charge on any atom is 0.196 e. The highest BCUT2D eigenvalue weighted by atomic mass is 19.1. The van der Waals surface area contributed by atoms with Gasteiger partial charge in [0.05, 0.1) is 6.57 Å². The van der Waals surface area contributed by atoms with Crippen LogP contribution in [0.1, 0.15) is 16.7 Å². The standard InChI is InChI=1S/C23H18FN5O/c1-14-5-10-20(24)19(21(14)26-2)13-17(30)12-15-6-8-16(9-7-15)18-4-3-11-29-22(18)23(25)27-28-29/h3-11H,12-13,25H2,1H3. The molecule has 0 atom stereocenters. The van der Waals surface area contributed by atoms with Gasteiger partial charge in [-0.1, -0.05) is 41.6 Å². The maximum absolute atomic E-state index is 14.2. The first-order chi connectivity index (χ1) is 14.5. The monoisotopic (exact) mass is 399 g/mol. The molecule has 4 aromatic rings. The largest absolute Gasteiger partial charge is 0.380 e. The number of hydrogen-bond acceptors (Lipinski definition) is 4. The van der Waals surface area contributed by atoms with Gasteiger partial charge in [-0.3, -0.25) is 4.79 Å². The number of Topliss-reactive ketones (excluding diaryl/α,β-unsaturated/α-hetero) is 1. The highest BCUT2D eigenvalue weighted by Gasteiger charge is 2.16. The summed E-state index contributed by atoms with van der Waals surface area (Å²) in [5, 5.41) is 7.87. The first-order valence-corrected chi connectivity index (χ1v) is 9.34. The lowest BCUT2D eigenvalue weighted by molar-refractivity contribution is -0.117. The Balaban J connectivity index is 1.55. The van der Waals surface area contributed by atoms with Crippen molar-refractivity contribution in [3.05, 3.63) is 88.7 Å². The van der Waals surface area contributed by atoms with Crippen LogP contribution in [0.3, 0.4) is 0 Å². The van der Waals surface area contributed by atoms with Gasteiger partial charge in [0.1, 0.15) is 17.1 Å². The van der Waals surface area contributed by atoms with E-state index in [1.54, 1.807) is 23.7 Å². The van der Waals surface area contributed by atoms with Crippen molar-refractivity contribution >= 4 is 22.8 Å². The van der Waals surface area contributed by atoms with Crippen LogP contribution in [0.2, 0.25) is 0 Å². The molecule has 2 N–H and O–H groups in total. The van der Waals surface area contributed by atoms with Gasteiger partial charge in [0, 0.05) is 30.2 Å².